The fourth-order valence-electron chi connectivity index (χ4n) is 2.48. The topological polar surface area (TPSA) is 56.2 Å². The number of benzene rings is 2. The number of carbonyl (C=O) groups excluding carboxylic acids is 1. The van der Waals surface area contributed by atoms with E-state index in [1.807, 2.05) is 59.4 Å². The molecule has 0 radical (unpaired) electrons. The predicted octanol–water partition coefficient (Wildman–Crippen LogP) is 4.81. The van der Waals surface area contributed by atoms with Crippen molar-refractivity contribution < 1.29 is 9.53 Å². The van der Waals surface area contributed by atoms with Gasteiger partial charge in [-0.25, -0.2) is 0 Å². The van der Waals surface area contributed by atoms with Gasteiger partial charge in [0, 0.05) is 24.8 Å². The number of nitrogens with zero attached hydrogens (tertiary/aromatic N) is 2. The second-order valence-electron chi connectivity index (χ2n) is 5.95. The molecule has 0 saturated heterocycles. The van der Waals surface area contributed by atoms with E-state index in [-0.39, 0.29) is 5.91 Å². The second kappa shape index (κ2) is 9.71. The van der Waals surface area contributed by atoms with Crippen LogP contribution < -0.4 is 10.1 Å². The Labute approximate surface area is 175 Å². The van der Waals surface area contributed by atoms with Gasteiger partial charge in [-0.05, 0) is 68.1 Å². The van der Waals surface area contributed by atoms with Gasteiger partial charge in [0.15, 0.2) is 0 Å². The molecule has 0 aliphatic rings. The van der Waals surface area contributed by atoms with Crippen LogP contribution in [-0.4, -0.2) is 22.2 Å². The van der Waals surface area contributed by atoms with Crippen molar-refractivity contribution in [1.82, 2.24) is 15.1 Å². The molecule has 0 atom stereocenters. The molecule has 27 heavy (non-hydrogen) atoms. The largest absolute Gasteiger partial charge is 0.488 e. The van der Waals surface area contributed by atoms with Gasteiger partial charge < -0.3 is 10.1 Å². The quantitative estimate of drug-likeness (QED) is 0.459. The highest BCUT2D eigenvalue weighted by Gasteiger charge is 2.06. The van der Waals surface area contributed by atoms with Gasteiger partial charge in [-0.2, -0.15) is 5.10 Å². The second-order valence-corrected chi connectivity index (χ2v) is 7.72. The van der Waals surface area contributed by atoms with Gasteiger partial charge in [-0.1, -0.05) is 24.3 Å². The van der Waals surface area contributed by atoms with Gasteiger partial charge in [-0.3, -0.25) is 9.48 Å². The molecule has 140 valence electrons. The van der Waals surface area contributed by atoms with E-state index in [9.17, 15) is 4.79 Å². The molecule has 0 spiro atoms. The first-order chi connectivity index (χ1) is 13.1. The summed E-state index contributed by atoms with van der Waals surface area (Å²) in [6.07, 6.45) is 4.48. The number of amides is 1. The van der Waals surface area contributed by atoms with Crippen molar-refractivity contribution in [3.05, 3.63) is 81.0 Å². The SMILES string of the molecule is O=C(NCCCn1cc(Br)cn1)c1ccc(COc2ccccc2Br)cc1. The number of carbonyl (C=O) groups is 1. The van der Waals surface area contributed by atoms with Gasteiger partial charge in [0.1, 0.15) is 12.4 Å². The zero-order valence-electron chi connectivity index (χ0n) is 14.6. The van der Waals surface area contributed by atoms with Gasteiger partial charge in [-0.15, -0.1) is 0 Å². The van der Waals surface area contributed by atoms with E-state index in [4.69, 9.17) is 4.74 Å². The van der Waals surface area contributed by atoms with Crippen molar-refractivity contribution in [3.63, 3.8) is 0 Å². The summed E-state index contributed by atoms with van der Waals surface area (Å²) in [6.45, 7) is 1.81. The minimum absolute atomic E-state index is 0.0741. The molecule has 3 aromatic rings. The molecule has 0 bridgehead atoms. The molecule has 0 saturated carbocycles. The zero-order chi connectivity index (χ0) is 19.1. The van der Waals surface area contributed by atoms with Crippen LogP contribution in [0.2, 0.25) is 0 Å². The fourth-order valence-corrected chi connectivity index (χ4v) is 3.21. The number of aryl methyl sites for hydroxylation is 1. The van der Waals surface area contributed by atoms with Crippen molar-refractivity contribution in [3.8, 4) is 5.75 Å². The normalized spacial score (nSPS) is 10.6. The highest BCUT2D eigenvalue weighted by Crippen LogP contribution is 2.24. The molecule has 0 aliphatic carbocycles. The lowest BCUT2D eigenvalue weighted by Crippen LogP contribution is -2.25. The summed E-state index contributed by atoms with van der Waals surface area (Å²) in [5.41, 5.74) is 1.65. The van der Waals surface area contributed by atoms with Gasteiger partial charge >= 0.3 is 0 Å². The Kier molecular flexibility index (Phi) is 7.06. The van der Waals surface area contributed by atoms with E-state index in [2.05, 4.69) is 42.3 Å². The molecule has 0 unspecified atom stereocenters. The summed E-state index contributed by atoms with van der Waals surface area (Å²) < 4.78 is 9.50. The molecular weight excluding hydrogens is 474 g/mol. The Morgan fingerprint density at radius 1 is 1.11 bits per heavy atom. The van der Waals surface area contributed by atoms with E-state index in [0.717, 1.165) is 33.2 Å². The average molecular weight is 493 g/mol. The summed E-state index contributed by atoms with van der Waals surface area (Å²) in [7, 11) is 0. The first-order valence-corrected chi connectivity index (χ1v) is 10.1. The number of nitrogens with one attached hydrogen (secondary N) is 1. The van der Waals surface area contributed by atoms with Crippen LogP contribution in [0.1, 0.15) is 22.3 Å². The van der Waals surface area contributed by atoms with Crippen LogP contribution in [0, 0.1) is 0 Å². The number of hydrogen-bond donors (Lipinski definition) is 1. The molecular formula is C20H19Br2N3O2. The summed E-state index contributed by atoms with van der Waals surface area (Å²) in [5, 5.41) is 7.12. The molecule has 3 rings (SSSR count). The number of ether oxygens (including phenoxy) is 1. The Morgan fingerprint density at radius 2 is 1.89 bits per heavy atom. The van der Waals surface area contributed by atoms with Crippen LogP contribution >= 0.6 is 31.9 Å². The van der Waals surface area contributed by atoms with Crippen molar-refractivity contribution in [2.24, 2.45) is 0 Å². The Hall–Kier alpha value is -2.12. The Bertz CT molecular complexity index is 894. The van der Waals surface area contributed by atoms with Crippen molar-refractivity contribution in [2.75, 3.05) is 6.54 Å². The molecule has 1 amide bonds. The van der Waals surface area contributed by atoms with E-state index >= 15 is 0 Å². The summed E-state index contributed by atoms with van der Waals surface area (Å²) in [6, 6.07) is 15.2. The van der Waals surface area contributed by atoms with Gasteiger partial charge in [0.2, 0.25) is 0 Å². The van der Waals surface area contributed by atoms with E-state index in [1.54, 1.807) is 6.20 Å². The Morgan fingerprint density at radius 3 is 2.59 bits per heavy atom. The summed E-state index contributed by atoms with van der Waals surface area (Å²) in [5.74, 6) is 0.721. The molecule has 7 heteroatoms. The molecule has 5 nitrogen and oxygen atoms in total. The monoisotopic (exact) mass is 491 g/mol. The van der Waals surface area contributed by atoms with Gasteiger partial charge in [0.05, 0.1) is 15.1 Å². The average Bonchev–Trinajstić information content (AvgIpc) is 3.10. The first-order valence-electron chi connectivity index (χ1n) is 8.54. The molecule has 1 aromatic heterocycles. The predicted molar refractivity (Wildman–Crippen MR) is 112 cm³/mol. The number of halogens is 2. The third kappa shape index (κ3) is 5.94. The first kappa shape index (κ1) is 19.6. The zero-order valence-corrected chi connectivity index (χ0v) is 17.7. The van der Waals surface area contributed by atoms with Crippen LogP contribution in [-0.2, 0) is 13.2 Å². The lowest BCUT2D eigenvalue weighted by molar-refractivity contribution is 0.0952. The van der Waals surface area contributed by atoms with Crippen LogP contribution in [0.5, 0.6) is 5.75 Å². The third-order valence-corrected chi connectivity index (χ3v) is 4.96. The third-order valence-electron chi connectivity index (χ3n) is 3.90. The maximum absolute atomic E-state index is 12.2. The van der Waals surface area contributed by atoms with Crippen molar-refractivity contribution in [1.29, 1.82) is 0 Å². The molecule has 1 N–H and O–H groups in total. The molecule has 1 heterocycles. The minimum atomic E-state index is -0.0741. The number of rotatable bonds is 8. The van der Waals surface area contributed by atoms with Crippen molar-refractivity contribution in [2.45, 2.75) is 19.6 Å². The van der Waals surface area contributed by atoms with E-state index in [0.29, 0.717) is 18.7 Å². The highest BCUT2D eigenvalue weighted by molar-refractivity contribution is 9.10. The lowest BCUT2D eigenvalue weighted by Gasteiger charge is -2.09. The number of hydrogen-bond acceptors (Lipinski definition) is 3. The molecule has 0 aliphatic heterocycles. The lowest BCUT2D eigenvalue weighted by atomic mass is 10.1. The summed E-state index contributed by atoms with van der Waals surface area (Å²) >= 11 is 6.82. The maximum atomic E-state index is 12.2. The smallest absolute Gasteiger partial charge is 0.251 e. The summed E-state index contributed by atoms with van der Waals surface area (Å²) in [4.78, 5) is 12.2. The van der Waals surface area contributed by atoms with Crippen LogP contribution in [0.25, 0.3) is 0 Å². The fraction of sp³-hybridized carbons (Fsp3) is 0.200. The van der Waals surface area contributed by atoms with E-state index in [1.165, 1.54) is 0 Å². The standard InChI is InChI=1S/C20H19Br2N3O2/c21-17-12-24-25(13-17)11-3-10-23-20(26)16-8-6-15(7-9-16)14-27-19-5-2-1-4-18(19)22/h1-2,4-9,12-13H,3,10-11,14H2,(H,23,26). The van der Waals surface area contributed by atoms with Crippen LogP contribution in [0.4, 0.5) is 0 Å². The maximum Gasteiger partial charge on any atom is 0.251 e. The van der Waals surface area contributed by atoms with Crippen molar-refractivity contribution >= 4 is 37.8 Å². The highest BCUT2D eigenvalue weighted by atomic mass is 79.9. The molecule has 2 aromatic carbocycles. The van der Waals surface area contributed by atoms with Gasteiger partial charge in [0.25, 0.3) is 5.91 Å². The van der Waals surface area contributed by atoms with Crippen LogP contribution in [0.15, 0.2) is 69.9 Å². The van der Waals surface area contributed by atoms with Crippen LogP contribution in [0.3, 0.4) is 0 Å². The molecule has 0 fully saturated rings. The van der Waals surface area contributed by atoms with E-state index < -0.39 is 0 Å². The number of para-hydroxylation sites is 1. The number of aromatic nitrogens is 2. The minimum Gasteiger partial charge on any atom is -0.488 e. The Balaban J connectivity index is 1.43.